The molecule has 0 radical (unpaired) electrons. The van der Waals surface area contributed by atoms with E-state index in [9.17, 15) is 9.59 Å². The van der Waals surface area contributed by atoms with E-state index < -0.39 is 5.97 Å². The minimum Gasteiger partial charge on any atom is -0.452 e. The first-order valence-electron chi connectivity index (χ1n) is 4.93. The highest BCUT2D eigenvalue weighted by molar-refractivity contribution is 5.93. The number of ether oxygens (including phenoxy) is 1. The molecule has 1 aromatic rings. The summed E-state index contributed by atoms with van der Waals surface area (Å²) < 4.78 is 4.82. The molecule has 0 saturated heterocycles. The molecule has 0 unspecified atom stereocenters. The van der Waals surface area contributed by atoms with Crippen LogP contribution in [-0.2, 0) is 9.53 Å². The van der Waals surface area contributed by atoms with Gasteiger partial charge in [-0.05, 0) is 18.2 Å². The average molecular weight is 237 g/mol. The van der Waals surface area contributed by atoms with Crippen LogP contribution in [0.5, 0.6) is 0 Å². The number of nitrogen functional groups attached to an aromatic ring is 2. The SMILES string of the molecule is CN(C)C(=O)COC(=O)c1cc(N)cc(N)c1. The van der Waals surface area contributed by atoms with Crippen molar-refractivity contribution in [2.45, 2.75) is 0 Å². The molecule has 4 N–H and O–H groups in total. The van der Waals surface area contributed by atoms with Crippen LogP contribution < -0.4 is 11.5 Å². The third kappa shape index (κ3) is 3.67. The minimum absolute atomic E-state index is 0.231. The summed E-state index contributed by atoms with van der Waals surface area (Å²) in [6.45, 7) is -0.305. The molecule has 0 atom stereocenters. The van der Waals surface area contributed by atoms with Gasteiger partial charge < -0.3 is 21.1 Å². The quantitative estimate of drug-likeness (QED) is 0.573. The summed E-state index contributed by atoms with van der Waals surface area (Å²) in [5.41, 5.74) is 12.0. The number of hydrogen-bond acceptors (Lipinski definition) is 5. The van der Waals surface area contributed by atoms with E-state index in [4.69, 9.17) is 16.2 Å². The number of carbonyl (C=O) groups excluding carboxylic acids is 2. The predicted octanol–water partition coefficient (Wildman–Crippen LogP) is 0.0960. The van der Waals surface area contributed by atoms with Gasteiger partial charge in [0.2, 0.25) is 0 Å². The summed E-state index contributed by atoms with van der Waals surface area (Å²) in [5.74, 6) is -0.922. The normalized spacial score (nSPS) is 9.76. The first-order chi connectivity index (χ1) is 7.90. The van der Waals surface area contributed by atoms with Crippen molar-refractivity contribution in [1.82, 2.24) is 4.90 Å². The maximum atomic E-state index is 11.6. The number of nitrogens with zero attached hydrogens (tertiary/aromatic N) is 1. The average Bonchev–Trinajstić information content (AvgIpc) is 2.23. The first-order valence-corrected chi connectivity index (χ1v) is 4.93. The van der Waals surface area contributed by atoms with Crippen molar-refractivity contribution in [2.24, 2.45) is 0 Å². The third-order valence-corrected chi connectivity index (χ3v) is 2.04. The molecule has 0 aliphatic rings. The summed E-state index contributed by atoms with van der Waals surface area (Å²) in [6, 6.07) is 4.42. The van der Waals surface area contributed by atoms with E-state index >= 15 is 0 Å². The van der Waals surface area contributed by atoms with Crippen LogP contribution in [0.1, 0.15) is 10.4 Å². The number of likely N-dealkylation sites (N-methyl/N-ethyl adjacent to an activating group) is 1. The lowest BCUT2D eigenvalue weighted by molar-refractivity contribution is -0.131. The standard InChI is InChI=1S/C11H15N3O3/c1-14(2)10(15)6-17-11(16)7-3-8(12)5-9(13)4-7/h3-5H,6,12-13H2,1-2H3. The highest BCUT2D eigenvalue weighted by Crippen LogP contribution is 2.14. The number of esters is 1. The lowest BCUT2D eigenvalue weighted by Gasteiger charge is -2.10. The van der Waals surface area contributed by atoms with E-state index in [1.165, 1.54) is 23.1 Å². The molecular weight excluding hydrogens is 222 g/mol. The summed E-state index contributed by atoms with van der Waals surface area (Å²) in [7, 11) is 3.16. The minimum atomic E-state index is -0.626. The van der Waals surface area contributed by atoms with Gasteiger partial charge in [0.15, 0.2) is 6.61 Å². The van der Waals surface area contributed by atoms with Crippen LogP contribution in [0, 0.1) is 0 Å². The van der Waals surface area contributed by atoms with E-state index in [0.717, 1.165) is 0 Å². The number of benzene rings is 1. The van der Waals surface area contributed by atoms with Crippen molar-refractivity contribution in [3.05, 3.63) is 23.8 Å². The van der Waals surface area contributed by atoms with E-state index in [-0.39, 0.29) is 18.1 Å². The fourth-order valence-electron chi connectivity index (χ4n) is 1.13. The fraction of sp³-hybridized carbons (Fsp3) is 0.273. The third-order valence-electron chi connectivity index (χ3n) is 2.04. The first kappa shape index (κ1) is 12.8. The molecule has 0 bridgehead atoms. The zero-order chi connectivity index (χ0) is 13.0. The number of carbonyl (C=O) groups is 2. The van der Waals surface area contributed by atoms with Crippen LogP contribution >= 0.6 is 0 Å². The van der Waals surface area contributed by atoms with Gasteiger partial charge in [0.25, 0.3) is 5.91 Å². The van der Waals surface area contributed by atoms with E-state index in [1.807, 2.05) is 0 Å². The molecule has 6 heteroatoms. The second-order valence-electron chi connectivity index (χ2n) is 3.75. The topological polar surface area (TPSA) is 98.6 Å². The summed E-state index contributed by atoms with van der Waals surface area (Å²) in [6.07, 6.45) is 0. The molecule has 0 aliphatic carbocycles. The monoisotopic (exact) mass is 237 g/mol. The van der Waals surface area contributed by atoms with Crippen LogP contribution in [0.25, 0.3) is 0 Å². The molecule has 0 fully saturated rings. The zero-order valence-electron chi connectivity index (χ0n) is 9.77. The zero-order valence-corrected chi connectivity index (χ0v) is 9.77. The van der Waals surface area contributed by atoms with Gasteiger partial charge in [-0.15, -0.1) is 0 Å². The summed E-state index contributed by atoms with van der Waals surface area (Å²) in [5, 5.41) is 0. The number of nitrogens with two attached hydrogens (primary N) is 2. The van der Waals surface area contributed by atoms with Gasteiger partial charge in [0, 0.05) is 25.5 Å². The second-order valence-corrected chi connectivity index (χ2v) is 3.75. The molecule has 1 amide bonds. The molecule has 17 heavy (non-hydrogen) atoms. The van der Waals surface area contributed by atoms with Gasteiger partial charge >= 0.3 is 5.97 Å². The molecule has 0 heterocycles. The lowest BCUT2D eigenvalue weighted by Crippen LogP contribution is -2.27. The number of anilines is 2. The van der Waals surface area contributed by atoms with Gasteiger partial charge in [-0.1, -0.05) is 0 Å². The summed E-state index contributed by atoms with van der Waals surface area (Å²) in [4.78, 5) is 24.1. The highest BCUT2D eigenvalue weighted by atomic mass is 16.5. The Labute approximate surface area is 99.1 Å². The Morgan fingerprint density at radius 3 is 2.18 bits per heavy atom. The Hall–Kier alpha value is -2.24. The maximum Gasteiger partial charge on any atom is 0.338 e. The van der Waals surface area contributed by atoms with Crippen LogP contribution in [0.2, 0.25) is 0 Å². The van der Waals surface area contributed by atoms with Crippen molar-refractivity contribution >= 4 is 23.3 Å². The van der Waals surface area contributed by atoms with Crippen molar-refractivity contribution in [1.29, 1.82) is 0 Å². The Bertz CT molecular complexity index is 423. The lowest BCUT2D eigenvalue weighted by atomic mass is 10.2. The predicted molar refractivity (Wildman–Crippen MR) is 64.2 cm³/mol. The Kier molecular flexibility index (Phi) is 3.92. The second kappa shape index (κ2) is 5.20. The smallest absolute Gasteiger partial charge is 0.338 e. The number of amides is 1. The molecule has 1 rings (SSSR count). The number of rotatable bonds is 3. The molecule has 6 nitrogen and oxygen atoms in total. The Balaban J connectivity index is 2.67. The van der Waals surface area contributed by atoms with E-state index in [0.29, 0.717) is 11.4 Å². The van der Waals surface area contributed by atoms with Crippen LogP contribution in [0.15, 0.2) is 18.2 Å². The van der Waals surface area contributed by atoms with Gasteiger partial charge in [0.05, 0.1) is 5.56 Å². The largest absolute Gasteiger partial charge is 0.452 e. The van der Waals surface area contributed by atoms with Gasteiger partial charge in [-0.3, -0.25) is 4.79 Å². The van der Waals surface area contributed by atoms with E-state index in [2.05, 4.69) is 0 Å². The highest BCUT2D eigenvalue weighted by Gasteiger charge is 2.12. The van der Waals surface area contributed by atoms with Gasteiger partial charge in [-0.25, -0.2) is 4.79 Å². The van der Waals surface area contributed by atoms with Crippen molar-refractivity contribution in [2.75, 3.05) is 32.2 Å². The van der Waals surface area contributed by atoms with Crippen LogP contribution in [-0.4, -0.2) is 37.5 Å². The Morgan fingerprint density at radius 1 is 1.18 bits per heavy atom. The van der Waals surface area contributed by atoms with Crippen molar-refractivity contribution in [3.8, 4) is 0 Å². The van der Waals surface area contributed by atoms with Crippen molar-refractivity contribution in [3.63, 3.8) is 0 Å². The van der Waals surface area contributed by atoms with Gasteiger partial charge in [-0.2, -0.15) is 0 Å². The van der Waals surface area contributed by atoms with E-state index in [1.54, 1.807) is 14.1 Å². The Morgan fingerprint density at radius 2 is 1.71 bits per heavy atom. The molecule has 0 spiro atoms. The molecule has 92 valence electrons. The van der Waals surface area contributed by atoms with Crippen molar-refractivity contribution < 1.29 is 14.3 Å². The molecule has 1 aromatic carbocycles. The summed E-state index contributed by atoms with van der Waals surface area (Å²) >= 11 is 0. The molecular formula is C11H15N3O3. The van der Waals surface area contributed by atoms with Crippen LogP contribution in [0.4, 0.5) is 11.4 Å². The van der Waals surface area contributed by atoms with Gasteiger partial charge in [0.1, 0.15) is 0 Å². The van der Waals surface area contributed by atoms with Crippen LogP contribution in [0.3, 0.4) is 0 Å². The molecule has 0 saturated carbocycles. The number of hydrogen-bond donors (Lipinski definition) is 2. The maximum absolute atomic E-state index is 11.6. The molecule has 0 aromatic heterocycles. The molecule has 0 aliphatic heterocycles. The fourth-order valence-corrected chi connectivity index (χ4v) is 1.13.